The molecule has 0 rings (SSSR count). The molecule has 15 heavy (non-hydrogen) atoms. The van der Waals surface area contributed by atoms with Gasteiger partial charge in [0.15, 0.2) is 0 Å². The van der Waals surface area contributed by atoms with E-state index in [2.05, 4.69) is 11.5 Å². The van der Waals surface area contributed by atoms with Gasteiger partial charge in [0.25, 0.3) is 17.9 Å². The number of hydrogen-bond donors (Lipinski definition) is 5. The van der Waals surface area contributed by atoms with Gasteiger partial charge in [-0.2, -0.15) is 0 Å². The highest BCUT2D eigenvalue weighted by Gasteiger charge is 1.66. The maximum absolute atomic E-state index is 9.00. The van der Waals surface area contributed by atoms with E-state index >= 15 is 0 Å². The van der Waals surface area contributed by atoms with Crippen molar-refractivity contribution in [2.45, 2.75) is 20.8 Å². The predicted molar refractivity (Wildman–Crippen MR) is 53.2 cm³/mol. The Labute approximate surface area is 87.5 Å². The number of rotatable bonds is 0. The number of carbonyl (C=O) groups is 3. The molecule has 8 nitrogen and oxygen atoms in total. The fourth-order valence-corrected chi connectivity index (χ4v) is 0. The first-order valence-electron chi connectivity index (χ1n) is 3.60. The van der Waals surface area contributed by atoms with Gasteiger partial charge in [0, 0.05) is 27.4 Å². The van der Waals surface area contributed by atoms with Crippen LogP contribution in [0.15, 0.2) is 0 Å². The Hall–Kier alpha value is -1.67. The van der Waals surface area contributed by atoms with Crippen LogP contribution in [-0.2, 0) is 14.4 Å². The molecule has 92 valence electrons. The van der Waals surface area contributed by atoms with Crippen LogP contribution in [0.3, 0.4) is 0 Å². The summed E-state index contributed by atoms with van der Waals surface area (Å²) >= 11 is 0. The molecule has 0 atom stereocenters. The van der Waals surface area contributed by atoms with Gasteiger partial charge < -0.3 is 26.8 Å². The van der Waals surface area contributed by atoms with Crippen LogP contribution in [0.4, 0.5) is 0 Å². The van der Waals surface area contributed by atoms with Crippen molar-refractivity contribution in [3.8, 4) is 0 Å². The topological polar surface area (TPSA) is 164 Å². The second kappa shape index (κ2) is 22.8. The lowest BCUT2D eigenvalue weighted by Crippen LogP contribution is -2.08. The second-order valence-corrected chi connectivity index (χ2v) is 1.79. The molecular formula is C7H18N2O6. The molecule has 0 saturated carbocycles. The molecule has 0 aliphatic rings. The average Bonchev–Trinajstić information content (AvgIpc) is 1.81. The van der Waals surface area contributed by atoms with E-state index in [4.69, 9.17) is 29.7 Å². The van der Waals surface area contributed by atoms with Crippen LogP contribution in [0.25, 0.3) is 0 Å². The van der Waals surface area contributed by atoms with Crippen LogP contribution in [0, 0.1) is 0 Å². The van der Waals surface area contributed by atoms with Crippen molar-refractivity contribution in [3.63, 3.8) is 0 Å². The van der Waals surface area contributed by atoms with Crippen molar-refractivity contribution in [3.05, 3.63) is 0 Å². The first-order chi connectivity index (χ1) is 6.61. The maximum Gasteiger partial charge on any atom is 0.300 e. The van der Waals surface area contributed by atoms with Crippen LogP contribution in [0.5, 0.6) is 0 Å². The number of nitrogens with two attached hydrogens (primary N) is 2. The van der Waals surface area contributed by atoms with Crippen molar-refractivity contribution in [2.24, 2.45) is 11.5 Å². The van der Waals surface area contributed by atoms with E-state index in [0.29, 0.717) is 0 Å². The van der Waals surface area contributed by atoms with Gasteiger partial charge in [-0.25, -0.2) is 0 Å². The predicted octanol–water partition coefficient (Wildman–Crippen LogP) is -0.866. The summed E-state index contributed by atoms with van der Waals surface area (Å²) in [6.07, 6.45) is 0. The minimum atomic E-state index is -0.833. The summed E-state index contributed by atoms with van der Waals surface area (Å²) in [6.45, 7) is 3.50. The fourth-order valence-electron chi connectivity index (χ4n) is 0. The van der Waals surface area contributed by atoms with Crippen LogP contribution in [0.1, 0.15) is 20.8 Å². The number of hydrogen-bond acceptors (Lipinski definition) is 5. The highest BCUT2D eigenvalue weighted by molar-refractivity contribution is 5.63. The van der Waals surface area contributed by atoms with Crippen molar-refractivity contribution in [1.82, 2.24) is 0 Å². The zero-order valence-electron chi connectivity index (χ0n) is 8.93. The van der Waals surface area contributed by atoms with Gasteiger partial charge in [-0.1, -0.05) is 0 Å². The molecule has 0 saturated heterocycles. The standard InChI is InChI=1S/3C2H4O2.CH6N2/c3*1-2(3)4;2-1-3/h3*1H3,(H,3,4);1-3H2. The van der Waals surface area contributed by atoms with Gasteiger partial charge in [-0.3, -0.25) is 14.4 Å². The molecule has 0 aromatic heterocycles. The molecule has 0 bridgehead atoms. The van der Waals surface area contributed by atoms with Gasteiger partial charge in [-0.15, -0.1) is 0 Å². The Morgan fingerprint density at radius 1 is 0.800 bits per heavy atom. The molecule has 0 radical (unpaired) electrons. The molecule has 0 aliphatic carbocycles. The highest BCUT2D eigenvalue weighted by atomic mass is 16.4. The van der Waals surface area contributed by atoms with Crippen molar-refractivity contribution >= 4 is 17.9 Å². The van der Waals surface area contributed by atoms with Crippen molar-refractivity contribution < 1.29 is 29.7 Å². The van der Waals surface area contributed by atoms with E-state index in [1.165, 1.54) is 0 Å². The molecule has 7 N–H and O–H groups in total. The number of aliphatic carboxylic acids is 3. The van der Waals surface area contributed by atoms with Crippen LogP contribution in [-0.4, -0.2) is 39.9 Å². The molecule has 0 heterocycles. The van der Waals surface area contributed by atoms with Gasteiger partial charge in [0.2, 0.25) is 0 Å². The van der Waals surface area contributed by atoms with Crippen LogP contribution >= 0.6 is 0 Å². The molecule has 0 amide bonds. The number of carboxylic acids is 3. The van der Waals surface area contributed by atoms with Crippen molar-refractivity contribution in [1.29, 1.82) is 0 Å². The van der Waals surface area contributed by atoms with Crippen molar-refractivity contribution in [2.75, 3.05) is 6.67 Å². The highest BCUT2D eigenvalue weighted by Crippen LogP contribution is 1.42. The smallest absolute Gasteiger partial charge is 0.300 e. The van der Waals surface area contributed by atoms with E-state index in [9.17, 15) is 0 Å². The third-order valence-electron chi connectivity index (χ3n) is 0. The lowest BCUT2D eigenvalue weighted by molar-refractivity contribution is -0.135. The van der Waals surface area contributed by atoms with E-state index in [-0.39, 0.29) is 6.67 Å². The van der Waals surface area contributed by atoms with Gasteiger partial charge in [0.05, 0.1) is 0 Å². The summed E-state index contributed by atoms with van der Waals surface area (Å²) in [5.74, 6) is -2.50. The Kier molecular flexibility index (Phi) is 35.4. The van der Waals surface area contributed by atoms with Crippen LogP contribution in [0.2, 0.25) is 0 Å². The molecule has 0 spiro atoms. The SMILES string of the molecule is CC(=O)O.CC(=O)O.CC(=O)O.NCN. The van der Waals surface area contributed by atoms with E-state index < -0.39 is 17.9 Å². The zero-order chi connectivity index (χ0) is 13.4. The van der Waals surface area contributed by atoms with Crippen LogP contribution < -0.4 is 11.5 Å². The molecule has 0 aliphatic heterocycles. The quantitative estimate of drug-likeness (QED) is 0.333. The largest absolute Gasteiger partial charge is 0.481 e. The lowest BCUT2D eigenvalue weighted by atomic mass is 10.9. The third kappa shape index (κ3) is 472. The van der Waals surface area contributed by atoms with E-state index in [0.717, 1.165) is 20.8 Å². The second-order valence-electron chi connectivity index (χ2n) is 1.79. The van der Waals surface area contributed by atoms with E-state index in [1.807, 2.05) is 0 Å². The Morgan fingerprint density at radius 2 is 0.800 bits per heavy atom. The monoisotopic (exact) mass is 226 g/mol. The van der Waals surface area contributed by atoms with Gasteiger partial charge >= 0.3 is 0 Å². The Bertz CT molecular complexity index is 130. The minimum Gasteiger partial charge on any atom is -0.481 e. The average molecular weight is 226 g/mol. The summed E-state index contributed by atoms with van der Waals surface area (Å²) in [5.41, 5.74) is 9.25. The molecular weight excluding hydrogens is 208 g/mol. The van der Waals surface area contributed by atoms with Gasteiger partial charge in [0.1, 0.15) is 0 Å². The summed E-state index contributed by atoms with van der Waals surface area (Å²) in [5, 5.41) is 22.2. The summed E-state index contributed by atoms with van der Waals surface area (Å²) in [4.78, 5) is 27.0. The summed E-state index contributed by atoms with van der Waals surface area (Å²) in [6, 6.07) is 0. The first kappa shape index (κ1) is 23.3. The van der Waals surface area contributed by atoms with Gasteiger partial charge in [-0.05, 0) is 0 Å². The maximum atomic E-state index is 9.00. The first-order valence-corrected chi connectivity index (χ1v) is 3.60. The Balaban J connectivity index is -0.0000000542. The molecule has 0 aromatic rings. The zero-order valence-corrected chi connectivity index (χ0v) is 8.93. The Morgan fingerprint density at radius 3 is 0.800 bits per heavy atom. The third-order valence-corrected chi connectivity index (χ3v) is 0. The fraction of sp³-hybridized carbons (Fsp3) is 0.571. The molecule has 0 aromatic carbocycles. The minimum absolute atomic E-state index is 0.250. The lowest BCUT2D eigenvalue weighted by Gasteiger charge is -1.59. The summed E-state index contributed by atoms with van der Waals surface area (Å²) < 4.78 is 0. The molecule has 0 unspecified atom stereocenters. The molecule has 0 fully saturated rings. The normalized spacial score (nSPS) is 6.20. The number of carboxylic acid groups (broad SMARTS) is 3. The molecule has 8 heteroatoms. The van der Waals surface area contributed by atoms with E-state index in [1.54, 1.807) is 0 Å². The summed E-state index contributed by atoms with van der Waals surface area (Å²) in [7, 11) is 0.